The quantitative estimate of drug-likeness (QED) is 0.799. The Balaban J connectivity index is 2.09. The van der Waals surface area contributed by atoms with Crippen molar-refractivity contribution < 1.29 is 4.79 Å². The van der Waals surface area contributed by atoms with Crippen LogP contribution in [0.15, 0.2) is 30.3 Å². The van der Waals surface area contributed by atoms with Gasteiger partial charge >= 0.3 is 0 Å². The van der Waals surface area contributed by atoms with Crippen molar-refractivity contribution in [2.24, 2.45) is 5.73 Å². The molecule has 0 saturated carbocycles. The van der Waals surface area contributed by atoms with Gasteiger partial charge in [0.2, 0.25) is 5.91 Å². The molecule has 3 N–H and O–H groups in total. The van der Waals surface area contributed by atoms with Gasteiger partial charge in [-0.3, -0.25) is 9.69 Å². The molecule has 4 nitrogen and oxygen atoms in total. The number of rotatable bonds is 3. The maximum absolute atomic E-state index is 11.6. The smallest absolute Gasteiger partial charge is 0.234 e. The number of hydrogen-bond donors (Lipinski definition) is 2. The van der Waals surface area contributed by atoms with Crippen LogP contribution in [0.25, 0.3) is 0 Å². The van der Waals surface area contributed by atoms with Gasteiger partial charge in [-0.25, -0.2) is 0 Å². The van der Waals surface area contributed by atoms with Crippen LogP contribution in [0.1, 0.15) is 18.5 Å². The van der Waals surface area contributed by atoms with Crippen LogP contribution >= 0.6 is 0 Å². The van der Waals surface area contributed by atoms with E-state index in [1.54, 1.807) is 0 Å². The molecule has 0 spiro atoms. The number of nitrogens with one attached hydrogen (secondary N) is 1. The maximum atomic E-state index is 11.6. The van der Waals surface area contributed by atoms with Crippen molar-refractivity contribution in [3.63, 3.8) is 0 Å². The monoisotopic (exact) mass is 233 g/mol. The lowest BCUT2D eigenvalue weighted by Crippen LogP contribution is -2.57. The largest absolute Gasteiger partial charge is 0.350 e. The van der Waals surface area contributed by atoms with Crippen LogP contribution in [-0.4, -0.2) is 36.5 Å². The van der Waals surface area contributed by atoms with Crippen molar-refractivity contribution in [2.45, 2.75) is 19.0 Å². The molecule has 2 rings (SSSR count). The number of nitrogens with two attached hydrogens (primary N) is 1. The number of hydrogen-bond acceptors (Lipinski definition) is 3. The van der Waals surface area contributed by atoms with E-state index in [2.05, 4.69) is 29.3 Å². The lowest BCUT2D eigenvalue weighted by atomic mass is 10.0. The SMILES string of the molecule is CC(c1ccccc1)N1CC(=O)NC(CN)C1. The van der Waals surface area contributed by atoms with Gasteiger partial charge in [0.1, 0.15) is 0 Å². The highest BCUT2D eigenvalue weighted by Crippen LogP contribution is 2.20. The van der Waals surface area contributed by atoms with Crippen molar-refractivity contribution in [1.82, 2.24) is 10.2 Å². The molecule has 4 heteroatoms. The van der Waals surface area contributed by atoms with Crippen LogP contribution in [0.4, 0.5) is 0 Å². The Bertz CT molecular complexity index is 380. The van der Waals surface area contributed by atoms with Crippen LogP contribution in [0.5, 0.6) is 0 Å². The summed E-state index contributed by atoms with van der Waals surface area (Å²) in [5.41, 5.74) is 6.86. The summed E-state index contributed by atoms with van der Waals surface area (Å²) in [5.74, 6) is 0.0643. The first-order valence-corrected chi connectivity index (χ1v) is 5.99. The van der Waals surface area contributed by atoms with E-state index < -0.39 is 0 Å². The van der Waals surface area contributed by atoms with E-state index in [0.29, 0.717) is 13.1 Å². The minimum Gasteiger partial charge on any atom is -0.350 e. The first kappa shape index (κ1) is 12.1. The topological polar surface area (TPSA) is 58.4 Å². The molecule has 2 atom stereocenters. The second kappa shape index (κ2) is 5.29. The molecule has 1 aliphatic heterocycles. The van der Waals surface area contributed by atoms with Crippen molar-refractivity contribution in [2.75, 3.05) is 19.6 Å². The van der Waals surface area contributed by atoms with Crippen LogP contribution in [-0.2, 0) is 4.79 Å². The van der Waals surface area contributed by atoms with Crippen LogP contribution < -0.4 is 11.1 Å². The second-order valence-corrected chi connectivity index (χ2v) is 4.52. The van der Waals surface area contributed by atoms with Gasteiger partial charge in [0.25, 0.3) is 0 Å². The van der Waals surface area contributed by atoms with Gasteiger partial charge in [0, 0.05) is 19.1 Å². The zero-order chi connectivity index (χ0) is 12.3. The Morgan fingerprint density at radius 1 is 1.47 bits per heavy atom. The summed E-state index contributed by atoms with van der Waals surface area (Å²) in [6.07, 6.45) is 0. The Hall–Kier alpha value is -1.39. The van der Waals surface area contributed by atoms with E-state index >= 15 is 0 Å². The predicted octanol–water partition coefficient (Wildman–Crippen LogP) is 0.507. The molecule has 1 aliphatic rings. The van der Waals surface area contributed by atoms with Gasteiger partial charge in [0.15, 0.2) is 0 Å². The Morgan fingerprint density at radius 3 is 2.82 bits per heavy atom. The highest BCUT2D eigenvalue weighted by molar-refractivity contribution is 5.79. The van der Waals surface area contributed by atoms with Crippen molar-refractivity contribution in [1.29, 1.82) is 0 Å². The van der Waals surface area contributed by atoms with E-state index in [0.717, 1.165) is 6.54 Å². The Kier molecular flexibility index (Phi) is 3.76. The highest BCUT2D eigenvalue weighted by atomic mass is 16.2. The van der Waals surface area contributed by atoms with Crippen molar-refractivity contribution in [3.05, 3.63) is 35.9 Å². The van der Waals surface area contributed by atoms with E-state index in [1.807, 2.05) is 18.2 Å². The molecule has 0 bridgehead atoms. The molecule has 1 heterocycles. The van der Waals surface area contributed by atoms with E-state index in [4.69, 9.17) is 5.73 Å². The number of nitrogens with zero attached hydrogens (tertiary/aromatic N) is 1. The maximum Gasteiger partial charge on any atom is 0.234 e. The average molecular weight is 233 g/mol. The second-order valence-electron chi connectivity index (χ2n) is 4.52. The number of benzene rings is 1. The number of amides is 1. The van der Waals surface area contributed by atoms with Crippen molar-refractivity contribution in [3.8, 4) is 0 Å². The summed E-state index contributed by atoms with van der Waals surface area (Å²) < 4.78 is 0. The average Bonchev–Trinajstić information content (AvgIpc) is 2.38. The summed E-state index contributed by atoms with van der Waals surface area (Å²) >= 11 is 0. The van der Waals surface area contributed by atoms with Crippen LogP contribution in [0.3, 0.4) is 0 Å². The molecule has 17 heavy (non-hydrogen) atoms. The molecule has 0 aromatic heterocycles. The molecule has 1 amide bonds. The third-order valence-electron chi connectivity index (χ3n) is 3.28. The molecule has 1 aromatic carbocycles. The molecule has 0 aliphatic carbocycles. The first-order valence-electron chi connectivity index (χ1n) is 5.99. The normalized spacial score (nSPS) is 23.2. The summed E-state index contributed by atoms with van der Waals surface area (Å²) in [5, 5.41) is 2.90. The minimum absolute atomic E-state index is 0.0643. The lowest BCUT2D eigenvalue weighted by molar-refractivity contribution is -0.126. The number of carbonyl (C=O) groups is 1. The predicted molar refractivity (Wildman–Crippen MR) is 67.4 cm³/mol. The third kappa shape index (κ3) is 2.84. The van der Waals surface area contributed by atoms with Crippen LogP contribution in [0, 0.1) is 0 Å². The zero-order valence-electron chi connectivity index (χ0n) is 10.1. The highest BCUT2D eigenvalue weighted by Gasteiger charge is 2.27. The van der Waals surface area contributed by atoms with E-state index in [-0.39, 0.29) is 18.0 Å². The van der Waals surface area contributed by atoms with E-state index in [9.17, 15) is 4.79 Å². The number of piperazine rings is 1. The third-order valence-corrected chi connectivity index (χ3v) is 3.28. The van der Waals surface area contributed by atoms with Gasteiger partial charge in [-0.05, 0) is 12.5 Å². The molecule has 1 saturated heterocycles. The van der Waals surface area contributed by atoms with Gasteiger partial charge < -0.3 is 11.1 Å². The minimum atomic E-state index is 0.0643. The molecular formula is C13H19N3O. The lowest BCUT2D eigenvalue weighted by Gasteiger charge is -2.36. The summed E-state index contributed by atoms with van der Waals surface area (Å²) in [6.45, 7) is 3.89. The van der Waals surface area contributed by atoms with Crippen molar-refractivity contribution >= 4 is 5.91 Å². The first-order chi connectivity index (χ1) is 8.20. The summed E-state index contributed by atoms with van der Waals surface area (Å²) in [6, 6.07) is 10.6. The fourth-order valence-electron chi connectivity index (χ4n) is 2.22. The zero-order valence-corrected chi connectivity index (χ0v) is 10.1. The molecule has 1 fully saturated rings. The van der Waals surface area contributed by atoms with E-state index in [1.165, 1.54) is 5.56 Å². The fraction of sp³-hybridized carbons (Fsp3) is 0.462. The molecule has 0 radical (unpaired) electrons. The molecule has 92 valence electrons. The summed E-state index contributed by atoms with van der Waals surface area (Å²) in [4.78, 5) is 13.7. The molecule has 1 aromatic rings. The van der Waals surface area contributed by atoms with Gasteiger partial charge in [-0.1, -0.05) is 30.3 Å². The summed E-state index contributed by atoms with van der Waals surface area (Å²) in [7, 11) is 0. The van der Waals surface area contributed by atoms with Gasteiger partial charge in [-0.2, -0.15) is 0 Å². The molecular weight excluding hydrogens is 214 g/mol. The Labute approximate surface area is 102 Å². The Morgan fingerprint density at radius 2 is 2.18 bits per heavy atom. The van der Waals surface area contributed by atoms with Gasteiger partial charge in [0.05, 0.1) is 12.6 Å². The number of carbonyl (C=O) groups excluding carboxylic acids is 1. The fourth-order valence-corrected chi connectivity index (χ4v) is 2.22. The standard InChI is InChI=1S/C13H19N3O/c1-10(11-5-3-2-4-6-11)16-8-12(7-14)15-13(17)9-16/h2-6,10,12H,7-9,14H2,1H3,(H,15,17). The van der Waals surface area contributed by atoms with Gasteiger partial charge in [-0.15, -0.1) is 0 Å². The van der Waals surface area contributed by atoms with Crippen LogP contribution in [0.2, 0.25) is 0 Å². The molecule has 2 unspecified atom stereocenters.